The Labute approximate surface area is 132 Å². The van der Waals surface area contributed by atoms with Gasteiger partial charge in [0.25, 0.3) is 10.0 Å². The number of ether oxygens (including phenoxy) is 1. The highest BCUT2D eigenvalue weighted by Gasteiger charge is 2.25. The van der Waals surface area contributed by atoms with E-state index in [1.54, 1.807) is 0 Å². The van der Waals surface area contributed by atoms with Crippen molar-refractivity contribution in [1.29, 1.82) is 0 Å². The number of carbonyl (C=O) groups excluding carboxylic acids is 1. The molecule has 0 atom stereocenters. The highest BCUT2D eigenvalue weighted by atomic mass is 32.2. The van der Waals surface area contributed by atoms with E-state index in [2.05, 4.69) is 4.74 Å². The van der Waals surface area contributed by atoms with Gasteiger partial charge in [0.15, 0.2) is 0 Å². The first-order valence-corrected chi connectivity index (χ1v) is 7.83. The van der Waals surface area contributed by atoms with Gasteiger partial charge in [-0.25, -0.2) is 22.0 Å². The largest absolute Gasteiger partial charge is 0.465 e. The molecule has 0 aliphatic heterocycles. The van der Waals surface area contributed by atoms with Crippen molar-refractivity contribution in [3.05, 3.63) is 59.7 Å². The third-order valence-corrected chi connectivity index (χ3v) is 5.00. The van der Waals surface area contributed by atoms with Crippen LogP contribution in [0, 0.1) is 11.6 Å². The van der Waals surface area contributed by atoms with E-state index in [4.69, 9.17) is 0 Å². The van der Waals surface area contributed by atoms with E-state index in [0.29, 0.717) is 6.07 Å². The summed E-state index contributed by atoms with van der Waals surface area (Å²) in [4.78, 5) is 10.7. The summed E-state index contributed by atoms with van der Waals surface area (Å²) in [7, 11) is -1.75. The van der Waals surface area contributed by atoms with Crippen LogP contribution < -0.4 is 4.31 Å². The first-order chi connectivity index (χ1) is 10.8. The summed E-state index contributed by atoms with van der Waals surface area (Å²) in [6.07, 6.45) is 0. The molecule has 0 aliphatic carbocycles. The number of sulfonamides is 1. The standard InChI is InChI=1S/C15H13F2NO4S/c1-18(12-6-3-10(4-7-12)15(19)22-2)23(20,21)14-8-5-11(16)9-13(14)17/h3-9H,1-2H3. The lowest BCUT2D eigenvalue weighted by atomic mass is 10.2. The van der Waals surface area contributed by atoms with Gasteiger partial charge in [0.2, 0.25) is 0 Å². The Hall–Kier alpha value is -2.48. The van der Waals surface area contributed by atoms with Crippen LogP contribution in [0.5, 0.6) is 0 Å². The topological polar surface area (TPSA) is 63.7 Å². The minimum absolute atomic E-state index is 0.210. The smallest absolute Gasteiger partial charge is 0.337 e. The number of esters is 1. The van der Waals surface area contributed by atoms with E-state index in [1.165, 1.54) is 38.4 Å². The molecule has 8 heteroatoms. The number of halogens is 2. The van der Waals surface area contributed by atoms with Crippen molar-refractivity contribution in [2.45, 2.75) is 4.90 Å². The molecule has 0 amide bonds. The van der Waals surface area contributed by atoms with Crippen molar-refractivity contribution in [2.24, 2.45) is 0 Å². The molecule has 0 aromatic heterocycles. The Balaban J connectivity index is 2.38. The Morgan fingerprint density at radius 2 is 1.70 bits per heavy atom. The number of benzene rings is 2. The van der Waals surface area contributed by atoms with Crippen LogP contribution in [-0.4, -0.2) is 28.5 Å². The second kappa shape index (κ2) is 6.33. The molecule has 5 nitrogen and oxygen atoms in total. The number of hydrogen-bond acceptors (Lipinski definition) is 4. The van der Waals surface area contributed by atoms with Crippen LogP contribution in [-0.2, 0) is 14.8 Å². The van der Waals surface area contributed by atoms with Crippen LogP contribution in [0.25, 0.3) is 0 Å². The molecule has 0 N–H and O–H groups in total. The number of rotatable bonds is 4. The van der Waals surface area contributed by atoms with Gasteiger partial charge in [-0.1, -0.05) is 0 Å². The Morgan fingerprint density at radius 1 is 1.09 bits per heavy atom. The molecule has 0 fully saturated rings. The Morgan fingerprint density at radius 3 is 2.22 bits per heavy atom. The van der Waals surface area contributed by atoms with E-state index in [-0.39, 0.29) is 11.3 Å². The third-order valence-electron chi connectivity index (χ3n) is 3.18. The highest BCUT2D eigenvalue weighted by molar-refractivity contribution is 7.92. The lowest BCUT2D eigenvalue weighted by molar-refractivity contribution is 0.0600. The lowest BCUT2D eigenvalue weighted by Crippen LogP contribution is -2.27. The maximum atomic E-state index is 13.7. The van der Waals surface area contributed by atoms with E-state index in [9.17, 15) is 22.0 Å². The zero-order valence-electron chi connectivity index (χ0n) is 12.3. The molecule has 0 spiro atoms. The molecular formula is C15H13F2NO4S. The molecular weight excluding hydrogens is 328 g/mol. The van der Waals surface area contributed by atoms with E-state index >= 15 is 0 Å². The van der Waals surface area contributed by atoms with Gasteiger partial charge in [0.05, 0.1) is 18.4 Å². The molecule has 0 unspecified atom stereocenters. The molecule has 0 heterocycles. The van der Waals surface area contributed by atoms with Gasteiger partial charge < -0.3 is 4.74 Å². The zero-order valence-corrected chi connectivity index (χ0v) is 13.1. The predicted octanol–water partition coefficient (Wildman–Crippen LogP) is 2.58. The summed E-state index contributed by atoms with van der Waals surface area (Å²) >= 11 is 0. The number of carbonyl (C=O) groups is 1. The normalized spacial score (nSPS) is 11.1. The molecule has 0 saturated carbocycles. The fourth-order valence-corrected chi connectivity index (χ4v) is 3.14. The van der Waals surface area contributed by atoms with Crippen molar-refractivity contribution in [3.8, 4) is 0 Å². The summed E-state index contributed by atoms with van der Waals surface area (Å²) in [5.74, 6) is -2.61. The molecule has 23 heavy (non-hydrogen) atoms. The van der Waals surface area contributed by atoms with Gasteiger partial charge in [0, 0.05) is 13.1 Å². The van der Waals surface area contributed by atoms with Gasteiger partial charge in [-0.3, -0.25) is 4.31 Å². The van der Waals surface area contributed by atoms with Crippen molar-refractivity contribution in [1.82, 2.24) is 0 Å². The third kappa shape index (κ3) is 3.31. The Kier molecular flexibility index (Phi) is 4.65. The monoisotopic (exact) mass is 341 g/mol. The second-order valence-electron chi connectivity index (χ2n) is 4.59. The van der Waals surface area contributed by atoms with E-state index < -0.39 is 32.5 Å². The van der Waals surface area contributed by atoms with Crippen LogP contribution in [0.15, 0.2) is 47.4 Å². The molecule has 0 saturated heterocycles. The number of anilines is 1. The first kappa shape index (κ1) is 16.9. The van der Waals surface area contributed by atoms with Crippen molar-refractivity contribution in [3.63, 3.8) is 0 Å². The summed E-state index contributed by atoms with van der Waals surface area (Å²) in [6.45, 7) is 0. The molecule has 122 valence electrons. The fraction of sp³-hybridized carbons (Fsp3) is 0.133. The van der Waals surface area contributed by atoms with E-state index in [0.717, 1.165) is 16.4 Å². The molecule has 2 rings (SSSR count). The SMILES string of the molecule is COC(=O)c1ccc(N(C)S(=O)(=O)c2ccc(F)cc2F)cc1. The van der Waals surface area contributed by atoms with Crippen molar-refractivity contribution in [2.75, 3.05) is 18.5 Å². The van der Waals surface area contributed by atoms with Crippen LogP contribution in [0.3, 0.4) is 0 Å². The first-order valence-electron chi connectivity index (χ1n) is 6.39. The molecule has 0 aliphatic rings. The van der Waals surface area contributed by atoms with Gasteiger partial charge in [0.1, 0.15) is 16.5 Å². The molecule has 0 bridgehead atoms. The van der Waals surface area contributed by atoms with Gasteiger partial charge in [-0.15, -0.1) is 0 Å². The summed E-state index contributed by atoms with van der Waals surface area (Å²) in [6, 6.07) is 7.75. The van der Waals surface area contributed by atoms with Crippen molar-refractivity contribution < 1.29 is 26.7 Å². The summed E-state index contributed by atoms with van der Waals surface area (Å²) < 4.78 is 56.9. The Bertz CT molecular complexity index is 835. The second-order valence-corrected chi connectivity index (χ2v) is 6.52. The lowest BCUT2D eigenvalue weighted by Gasteiger charge is -2.20. The number of hydrogen-bond donors (Lipinski definition) is 0. The average Bonchev–Trinajstić information content (AvgIpc) is 2.53. The van der Waals surface area contributed by atoms with Crippen LogP contribution >= 0.6 is 0 Å². The number of methoxy groups -OCH3 is 1. The highest BCUT2D eigenvalue weighted by Crippen LogP contribution is 2.24. The minimum Gasteiger partial charge on any atom is -0.465 e. The molecule has 2 aromatic rings. The van der Waals surface area contributed by atoms with Gasteiger partial charge in [-0.05, 0) is 36.4 Å². The fourth-order valence-electron chi connectivity index (χ4n) is 1.90. The summed E-state index contributed by atoms with van der Waals surface area (Å²) in [5.41, 5.74) is 0.455. The molecule has 0 radical (unpaired) electrons. The van der Waals surface area contributed by atoms with E-state index in [1.807, 2.05) is 0 Å². The maximum Gasteiger partial charge on any atom is 0.337 e. The average molecular weight is 341 g/mol. The number of nitrogens with zero attached hydrogens (tertiary/aromatic N) is 1. The quantitative estimate of drug-likeness (QED) is 0.802. The molecule has 2 aromatic carbocycles. The van der Waals surface area contributed by atoms with Gasteiger partial charge in [-0.2, -0.15) is 0 Å². The minimum atomic E-state index is -4.20. The summed E-state index contributed by atoms with van der Waals surface area (Å²) in [5, 5.41) is 0. The van der Waals surface area contributed by atoms with Crippen LogP contribution in [0.2, 0.25) is 0 Å². The maximum absolute atomic E-state index is 13.7. The van der Waals surface area contributed by atoms with Crippen molar-refractivity contribution >= 4 is 21.7 Å². The van der Waals surface area contributed by atoms with Crippen LogP contribution in [0.4, 0.5) is 14.5 Å². The van der Waals surface area contributed by atoms with Gasteiger partial charge >= 0.3 is 5.97 Å². The zero-order chi connectivity index (χ0) is 17.2. The predicted molar refractivity (Wildman–Crippen MR) is 79.7 cm³/mol. The van der Waals surface area contributed by atoms with Crippen LogP contribution in [0.1, 0.15) is 10.4 Å².